The number of rotatable bonds is 7. The molecule has 0 aliphatic carbocycles. The summed E-state index contributed by atoms with van der Waals surface area (Å²) in [6, 6.07) is -1.86. The van der Waals surface area contributed by atoms with Crippen molar-refractivity contribution in [2.45, 2.75) is 44.2 Å². The first-order chi connectivity index (χ1) is 9.32. The standard InChI is InChI=1S/C12H20N2O6/c1-12(5-2-6-20-12)7-13-11(19)14-8(10(17)18)3-4-9(15)16/h8H,2-7H2,1H3,(H,15,16)(H,17,18)(H2,13,14,19). The fourth-order valence-electron chi connectivity index (χ4n) is 1.98. The molecule has 0 spiro atoms. The molecule has 1 aliphatic rings. The van der Waals surface area contributed by atoms with Gasteiger partial charge >= 0.3 is 18.0 Å². The van der Waals surface area contributed by atoms with Crippen LogP contribution in [0.4, 0.5) is 4.79 Å². The quantitative estimate of drug-likeness (QED) is 0.529. The number of amides is 2. The average Bonchev–Trinajstić information content (AvgIpc) is 2.79. The summed E-state index contributed by atoms with van der Waals surface area (Å²) < 4.78 is 5.49. The number of aliphatic carboxylic acids is 2. The van der Waals surface area contributed by atoms with Crippen LogP contribution in [0.15, 0.2) is 0 Å². The van der Waals surface area contributed by atoms with Crippen LogP contribution in [-0.4, -0.2) is 53.0 Å². The van der Waals surface area contributed by atoms with Crippen molar-refractivity contribution in [3.63, 3.8) is 0 Å². The molecule has 0 aromatic carbocycles. The summed E-state index contributed by atoms with van der Waals surface area (Å²) >= 11 is 0. The second kappa shape index (κ2) is 7.09. The van der Waals surface area contributed by atoms with Crippen LogP contribution >= 0.6 is 0 Å². The summed E-state index contributed by atoms with van der Waals surface area (Å²) in [7, 11) is 0. The summed E-state index contributed by atoms with van der Waals surface area (Å²) in [5.74, 6) is -2.37. The minimum Gasteiger partial charge on any atom is -0.481 e. The maximum atomic E-state index is 11.6. The van der Waals surface area contributed by atoms with Crippen LogP contribution in [0.25, 0.3) is 0 Å². The van der Waals surface area contributed by atoms with Crippen molar-refractivity contribution in [1.82, 2.24) is 10.6 Å². The van der Waals surface area contributed by atoms with Crippen LogP contribution in [0.1, 0.15) is 32.6 Å². The fraction of sp³-hybridized carbons (Fsp3) is 0.750. The Morgan fingerprint density at radius 3 is 2.55 bits per heavy atom. The van der Waals surface area contributed by atoms with Gasteiger partial charge in [-0.05, 0) is 26.2 Å². The highest BCUT2D eigenvalue weighted by Crippen LogP contribution is 2.23. The van der Waals surface area contributed by atoms with Crippen molar-refractivity contribution < 1.29 is 29.3 Å². The molecule has 2 atom stereocenters. The molecule has 114 valence electrons. The summed E-state index contributed by atoms with van der Waals surface area (Å²) in [5.41, 5.74) is -0.420. The minimum absolute atomic E-state index is 0.161. The lowest BCUT2D eigenvalue weighted by Gasteiger charge is -2.24. The maximum Gasteiger partial charge on any atom is 0.326 e. The van der Waals surface area contributed by atoms with E-state index in [9.17, 15) is 14.4 Å². The van der Waals surface area contributed by atoms with Crippen molar-refractivity contribution in [3.05, 3.63) is 0 Å². The lowest BCUT2D eigenvalue weighted by Crippen LogP contribution is -2.49. The molecule has 1 heterocycles. The van der Waals surface area contributed by atoms with E-state index in [0.29, 0.717) is 6.61 Å². The van der Waals surface area contributed by atoms with Gasteiger partial charge in [0.25, 0.3) is 0 Å². The molecule has 8 nitrogen and oxygen atoms in total. The van der Waals surface area contributed by atoms with E-state index < -0.39 is 29.6 Å². The summed E-state index contributed by atoms with van der Waals surface area (Å²) in [5, 5.41) is 22.2. The molecule has 8 heteroatoms. The Kier molecular flexibility index (Phi) is 5.75. The monoisotopic (exact) mass is 288 g/mol. The van der Waals surface area contributed by atoms with Gasteiger partial charge in [-0.15, -0.1) is 0 Å². The fourth-order valence-corrected chi connectivity index (χ4v) is 1.98. The Morgan fingerprint density at radius 1 is 1.35 bits per heavy atom. The molecule has 1 fully saturated rings. The molecular weight excluding hydrogens is 268 g/mol. The molecule has 0 radical (unpaired) electrons. The zero-order valence-electron chi connectivity index (χ0n) is 11.3. The van der Waals surface area contributed by atoms with Gasteiger partial charge in [0.1, 0.15) is 6.04 Å². The third-order valence-electron chi connectivity index (χ3n) is 3.17. The molecule has 1 rings (SSSR count). The number of nitrogens with one attached hydrogen (secondary N) is 2. The van der Waals surface area contributed by atoms with Gasteiger partial charge in [-0.2, -0.15) is 0 Å². The first-order valence-electron chi connectivity index (χ1n) is 6.45. The van der Waals surface area contributed by atoms with Gasteiger partial charge in [0.05, 0.1) is 5.60 Å². The van der Waals surface area contributed by atoms with Crippen molar-refractivity contribution in [1.29, 1.82) is 0 Å². The van der Waals surface area contributed by atoms with Crippen molar-refractivity contribution >= 4 is 18.0 Å². The molecule has 20 heavy (non-hydrogen) atoms. The third-order valence-corrected chi connectivity index (χ3v) is 3.17. The molecule has 0 bridgehead atoms. The van der Waals surface area contributed by atoms with Crippen LogP contribution in [-0.2, 0) is 14.3 Å². The molecule has 2 unspecified atom stereocenters. The lowest BCUT2D eigenvalue weighted by molar-refractivity contribution is -0.140. The van der Waals surface area contributed by atoms with E-state index in [4.69, 9.17) is 14.9 Å². The molecule has 4 N–H and O–H groups in total. The number of carboxylic acids is 2. The molecule has 1 saturated heterocycles. The van der Waals surface area contributed by atoms with Gasteiger partial charge in [-0.3, -0.25) is 4.79 Å². The highest BCUT2D eigenvalue weighted by molar-refractivity contribution is 5.83. The lowest BCUT2D eigenvalue weighted by atomic mass is 10.0. The van der Waals surface area contributed by atoms with E-state index >= 15 is 0 Å². The van der Waals surface area contributed by atoms with E-state index in [2.05, 4.69) is 10.6 Å². The number of carboxylic acid groups (broad SMARTS) is 2. The van der Waals surface area contributed by atoms with E-state index in [-0.39, 0.29) is 19.4 Å². The topological polar surface area (TPSA) is 125 Å². The Labute approximate surface area is 116 Å². The smallest absolute Gasteiger partial charge is 0.326 e. The second-order valence-electron chi connectivity index (χ2n) is 5.05. The molecule has 2 amide bonds. The summed E-state index contributed by atoms with van der Waals surface area (Å²) in [4.78, 5) is 32.9. The van der Waals surface area contributed by atoms with Gasteiger partial charge in [0, 0.05) is 19.6 Å². The third kappa shape index (κ3) is 5.43. The molecule has 1 aliphatic heterocycles. The number of carbonyl (C=O) groups excluding carboxylic acids is 1. The van der Waals surface area contributed by atoms with Crippen LogP contribution in [0.2, 0.25) is 0 Å². The Hall–Kier alpha value is -1.83. The predicted octanol–water partition coefficient (Wildman–Crippen LogP) is 0.173. The van der Waals surface area contributed by atoms with E-state index in [1.165, 1.54) is 0 Å². The first-order valence-corrected chi connectivity index (χ1v) is 6.45. The summed E-state index contributed by atoms with van der Waals surface area (Å²) in [6.07, 6.45) is 1.27. The van der Waals surface area contributed by atoms with E-state index in [0.717, 1.165) is 12.8 Å². The zero-order chi connectivity index (χ0) is 15.2. The Balaban J connectivity index is 2.37. The predicted molar refractivity (Wildman–Crippen MR) is 68.4 cm³/mol. The maximum absolute atomic E-state index is 11.6. The van der Waals surface area contributed by atoms with E-state index in [1.54, 1.807) is 0 Å². The van der Waals surface area contributed by atoms with Crippen LogP contribution < -0.4 is 10.6 Å². The van der Waals surface area contributed by atoms with Crippen molar-refractivity contribution in [2.24, 2.45) is 0 Å². The zero-order valence-corrected chi connectivity index (χ0v) is 11.3. The largest absolute Gasteiger partial charge is 0.481 e. The summed E-state index contributed by atoms with van der Waals surface area (Å²) in [6.45, 7) is 2.81. The van der Waals surface area contributed by atoms with Crippen LogP contribution in [0.5, 0.6) is 0 Å². The number of hydrogen-bond donors (Lipinski definition) is 4. The molecule has 0 aromatic rings. The van der Waals surface area contributed by atoms with Gasteiger partial charge in [-0.25, -0.2) is 9.59 Å². The number of urea groups is 1. The number of carbonyl (C=O) groups is 3. The highest BCUT2D eigenvalue weighted by Gasteiger charge is 2.30. The Bertz CT molecular complexity index is 378. The van der Waals surface area contributed by atoms with Crippen molar-refractivity contribution in [2.75, 3.05) is 13.2 Å². The number of hydrogen-bond acceptors (Lipinski definition) is 4. The number of ether oxygens (including phenoxy) is 1. The van der Waals surface area contributed by atoms with Gasteiger partial charge in [0.2, 0.25) is 0 Å². The van der Waals surface area contributed by atoms with Crippen LogP contribution in [0.3, 0.4) is 0 Å². The average molecular weight is 288 g/mol. The normalized spacial score (nSPS) is 23.1. The Morgan fingerprint density at radius 2 is 2.05 bits per heavy atom. The van der Waals surface area contributed by atoms with E-state index in [1.807, 2.05) is 6.92 Å². The molecule has 0 aromatic heterocycles. The first kappa shape index (κ1) is 16.2. The molecular formula is C12H20N2O6. The van der Waals surface area contributed by atoms with Gasteiger partial charge in [0.15, 0.2) is 0 Å². The van der Waals surface area contributed by atoms with Gasteiger partial charge < -0.3 is 25.6 Å². The van der Waals surface area contributed by atoms with Gasteiger partial charge in [-0.1, -0.05) is 0 Å². The molecule has 0 saturated carbocycles. The second-order valence-corrected chi connectivity index (χ2v) is 5.05. The SMILES string of the molecule is CC1(CNC(=O)NC(CCC(=O)O)C(=O)O)CCCO1. The van der Waals surface area contributed by atoms with Crippen LogP contribution in [0, 0.1) is 0 Å². The minimum atomic E-state index is -1.26. The highest BCUT2D eigenvalue weighted by atomic mass is 16.5. The van der Waals surface area contributed by atoms with Crippen molar-refractivity contribution in [3.8, 4) is 0 Å².